The number of hydrogen-bond donors (Lipinski definition) is 2. The predicted molar refractivity (Wildman–Crippen MR) is 83.9 cm³/mol. The van der Waals surface area contributed by atoms with Gasteiger partial charge in [0.25, 0.3) is 0 Å². The molecule has 2 aromatic carbocycles. The van der Waals surface area contributed by atoms with E-state index in [4.69, 9.17) is 0 Å². The molecule has 2 rings (SSSR count). The van der Waals surface area contributed by atoms with Crippen molar-refractivity contribution in [3.8, 4) is 5.75 Å². The van der Waals surface area contributed by atoms with Crippen LogP contribution in [0.5, 0.6) is 5.75 Å². The van der Waals surface area contributed by atoms with Crippen LogP contribution in [0.4, 0.5) is 0 Å². The van der Waals surface area contributed by atoms with Gasteiger partial charge in [0, 0.05) is 6.04 Å². The van der Waals surface area contributed by atoms with Gasteiger partial charge in [-0.15, -0.1) is 0 Å². The Hall–Kier alpha value is -1.80. The van der Waals surface area contributed by atoms with Gasteiger partial charge in [0.15, 0.2) is 0 Å². The van der Waals surface area contributed by atoms with E-state index in [2.05, 4.69) is 48.6 Å². The van der Waals surface area contributed by atoms with Gasteiger partial charge in [0.2, 0.25) is 0 Å². The average Bonchev–Trinajstić information content (AvgIpc) is 2.48. The van der Waals surface area contributed by atoms with Crippen LogP contribution in [0.3, 0.4) is 0 Å². The Morgan fingerprint density at radius 2 is 1.85 bits per heavy atom. The van der Waals surface area contributed by atoms with Gasteiger partial charge in [0.1, 0.15) is 5.75 Å². The van der Waals surface area contributed by atoms with Crippen molar-refractivity contribution in [2.45, 2.75) is 32.2 Å². The highest BCUT2D eigenvalue weighted by molar-refractivity contribution is 5.27. The summed E-state index contributed by atoms with van der Waals surface area (Å²) in [6.45, 7) is 3.21. The third-order valence-corrected chi connectivity index (χ3v) is 3.47. The minimum atomic E-state index is 0.347. The Morgan fingerprint density at radius 3 is 2.55 bits per heavy atom. The molecule has 0 saturated carbocycles. The normalized spacial score (nSPS) is 12.2. The van der Waals surface area contributed by atoms with Crippen molar-refractivity contribution in [2.24, 2.45) is 0 Å². The van der Waals surface area contributed by atoms with Crippen LogP contribution in [0.2, 0.25) is 0 Å². The monoisotopic (exact) mass is 269 g/mol. The summed E-state index contributed by atoms with van der Waals surface area (Å²) in [5, 5.41) is 13.1. The first-order valence-corrected chi connectivity index (χ1v) is 7.36. The van der Waals surface area contributed by atoms with Gasteiger partial charge in [-0.05, 0) is 49.1 Å². The van der Waals surface area contributed by atoms with E-state index in [1.54, 1.807) is 6.07 Å². The molecule has 20 heavy (non-hydrogen) atoms. The average molecular weight is 269 g/mol. The smallest absolute Gasteiger partial charge is 0.115 e. The molecule has 0 saturated heterocycles. The Bertz CT molecular complexity index is 510. The van der Waals surface area contributed by atoms with E-state index < -0.39 is 0 Å². The fourth-order valence-electron chi connectivity index (χ4n) is 2.41. The molecule has 0 aromatic heterocycles. The van der Waals surface area contributed by atoms with E-state index in [1.807, 2.05) is 12.1 Å². The first-order valence-electron chi connectivity index (χ1n) is 7.36. The van der Waals surface area contributed by atoms with Crippen molar-refractivity contribution >= 4 is 0 Å². The first-order chi connectivity index (χ1) is 9.79. The van der Waals surface area contributed by atoms with Crippen LogP contribution >= 0.6 is 0 Å². The molecule has 2 heteroatoms. The molecular formula is C18H23NO. The maximum atomic E-state index is 9.52. The molecule has 0 amide bonds. The summed E-state index contributed by atoms with van der Waals surface area (Å²) in [5.74, 6) is 0.347. The number of benzene rings is 2. The van der Waals surface area contributed by atoms with E-state index >= 15 is 0 Å². The van der Waals surface area contributed by atoms with Crippen molar-refractivity contribution in [1.29, 1.82) is 0 Å². The van der Waals surface area contributed by atoms with Gasteiger partial charge in [0.05, 0.1) is 0 Å². The molecule has 0 radical (unpaired) electrons. The molecule has 0 fully saturated rings. The predicted octanol–water partition coefficient (Wildman–Crippen LogP) is 4.07. The lowest BCUT2D eigenvalue weighted by Crippen LogP contribution is -2.22. The van der Waals surface area contributed by atoms with E-state index in [0.717, 1.165) is 25.8 Å². The number of phenols is 1. The van der Waals surface area contributed by atoms with E-state index in [-0.39, 0.29) is 0 Å². The van der Waals surface area contributed by atoms with Gasteiger partial charge in [-0.1, -0.05) is 49.4 Å². The topological polar surface area (TPSA) is 32.3 Å². The van der Waals surface area contributed by atoms with E-state index in [0.29, 0.717) is 11.8 Å². The SMILES string of the molecule is CCCNC(CCc1cccc(O)c1)c1ccccc1. The molecular weight excluding hydrogens is 246 g/mol. The number of phenolic OH excluding ortho intramolecular Hbond substituents is 1. The van der Waals surface area contributed by atoms with Crippen LogP contribution in [-0.4, -0.2) is 11.7 Å². The molecule has 0 aliphatic heterocycles. The molecule has 1 atom stereocenters. The third kappa shape index (κ3) is 4.39. The lowest BCUT2D eigenvalue weighted by Gasteiger charge is -2.19. The maximum Gasteiger partial charge on any atom is 0.115 e. The number of aromatic hydroxyl groups is 1. The lowest BCUT2D eigenvalue weighted by molar-refractivity contribution is 0.472. The van der Waals surface area contributed by atoms with Gasteiger partial charge < -0.3 is 10.4 Å². The molecule has 0 aliphatic carbocycles. The number of rotatable bonds is 7. The lowest BCUT2D eigenvalue weighted by atomic mass is 9.99. The highest BCUT2D eigenvalue weighted by Gasteiger charge is 2.10. The summed E-state index contributed by atoms with van der Waals surface area (Å²) in [5.41, 5.74) is 2.52. The molecule has 106 valence electrons. The Kier molecular flexibility index (Phi) is 5.63. The summed E-state index contributed by atoms with van der Waals surface area (Å²) >= 11 is 0. The van der Waals surface area contributed by atoms with Crippen LogP contribution in [0.1, 0.15) is 36.9 Å². The standard InChI is InChI=1S/C18H23NO/c1-2-13-19-18(16-8-4-3-5-9-16)12-11-15-7-6-10-17(20)14-15/h3-10,14,18-20H,2,11-13H2,1H3. The van der Waals surface area contributed by atoms with Crippen LogP contribution in [0.15, 0.2) is 54.6 Å². The Morgan fingerprint density at radius 1 is 1.05 bits per heavy atom. The molecule has 2 aromatic rings. The zero-order chi connectivity index (χ0) is 14.2. The van der Waals surface area contributed by atoms with Crippen LogP contribution in [0, 0.1) is 0 Å². The molecule has 1 unspecified atom stereocenters. The minimum absolute atomic E-state index is 0.347. The summed E-state index contributed by atoms with van der Waals surface area (Å²) in [6.07, 6.45) is 3.13. The van der Waals surface area contributed by atoms with Crippen molar-refractivity contribution < 1.29 is 5.11 Å². The molecule has 0 bridgehead atoms. The van der Waals surface area contributed by atoms with Gasteiger partial charge in [-0.25, -0.2) is 0 Å². The van der Waals surface area contributed by atoms with Crippen molar-refractivity contribution in [1.82, 2.24) is 5.32 Å². The van der Waals surface area contributed by atoms with Crippen molar-refractivity contribution in [3.05, 3.63) is 65.7 Å². The second-order valence-corrected chi connectivity index (χ2v) is 5.13. The second kappa shape index (κ2) is 7.71. The van der Waals surface area contributed by atoms with Crippen LogP contribution in [-0.2, 0) is 6.42 Å². The third-order valence-electron chi connectivity index (χ3n) is 3.47. The van der Waals surface area contributed by atoms with Crippen LogP contribution in [0.25, 0.3) is 0 Å². The Labute approximate surface area is 121 Å². The first kappa shape index (κ1) is 14.6. The summed E-state index contributed by atoms with van der Waals surface area (Å²) in [4.78, 5) is 0. The Balaban J connectivity index is 2.01. The number of hydrogen-bond acceptors (Lipinski definition) is 2. The van der Waals surface area contributed by atoms with E-state index in [1.165, 1.54) is 11.1 Å². The highest BCUT2D eigenvalue weighted by atomic mass is 16.3. The summed E-state index contributed by atoms with van der Waals surface area (Å²) < 4.78 is 0. The fraction of sp³-hybridized carbons (Fsp3) is 0.333. The number of aryl methyl sites for hydroxylation is 1. The van der Waals surface area contributed by atoms with Gasteiger partial charge in [-0.2, -0.15) is 0 Å². The minimum Gasteiger partial charge on any atom is -0.508 e. The largest absolute Gasteiger partial charge is 0.508 e. The quantitative estimate of drug-likeness (QED) is 0.794. The maximum absolute atomic E-state index is 9.52. The highest BCUT2D eigenvalue weighted by Crippen LogP contribution is 2.20. The fourth-order valence-corrected chi connectivity index (χ4v) is 2.41. The molecule has 0 heterocycles. The van der Waals surface area contributed by atoms with Crippen LogP contribution < -0.4 is 5.32 Å². The molecule has 0 aliphatic rings. The van der Waals surface area contributed by atoms with Gasteiger partial charge in [-0.3, -0.25) is 0 Å². The van der Waals surface area contributed by atoms with Crippen molar-refractivity contribution in [2.75, 3.05) is 6.54 Å². The molecule has 0 spiro atoms. The van der Waals surface area contributed by atoms with E-state index in [9.17, 15) is 5.11 Å². The number of nitrogens with one attached hydrogen (secondary N) is 1. The summed E-state index contributed by atoms with van der Waals surface area (Å²) in [7, 11) is 0. The zero-order valence-electron chi connectivity index (χ0n) is 12.0. The second-order valence-electron chi connectivity index (χ2n) is 5.13. The van der Waals surface area contributed by atoms with Gasteiger partial charge >= 0.3 is 0 Å². The molecule has 2 nitrogen and oxygen atoms in total. The van der Waals surface area contributed by atoms with Crippen molar-refractivity contribution in [3.63, 3.8) is 0 Å². The zero-order valence-corrected chi connectivity index (χ0v) is 12.0. The summed E-state index contributed by atoms with van der Waals surface area (Å²) in [6, 6.07) is 18.5. The molecule has 2 N–H and O–H groups in total.